The normalized spacial score (nSPS) is 11.2. The number of halogens is 1. The molecular weight excluding hydrogens is 424 g/mol. The number of aromatic nitrogens is 3. The largest absolute Gasteiger partial charge is 0.369 e. The second-order valence-corrected chi connectivity index (χ2v) is 9.13. The molecule has 0 aliphatic rings. The maximum atomic E-state index is 12.8. The SMILES string of the molecule is CCc1cc(-c2ccc(S(=O)(=O)n3cnc(CC(N)=O)c3)s2)c(C)[nH]c1=O.Cl. The number of imidazole rings is 1. The number of H-pyrrole nitrogens is 1. The molecule has 3 rings (SSSR count). The summed E-state index contributed by atoms with van der Waals surface area (Å²) in [6.07, 6.45) is 2.87. The van der Waals surface area contributed by atoms with Gasteiger partial charge in [-0.05, 0) is 31.5 Å². The van der Waals surface area contributed by atoms with Crippen LogP contribution >= 0.6 is 23.7 Å². The summed E-state index contributed by atoms with van der Waals surface area (Å²) in [5, 5.41) is 0. The molecule has 0 unspecified atom stereocenters. The van der Waals surface area contributed by atoms with Crippen LogP contribution in [0, 0.1) is 6.92 Å². The monoisotopic (exact) mass is 442 g/mol. The summed E-state index contributed by atoms with van der Waals surface area (Å²) in [5.74, 6) is -0.587. The molecule has 0 radical (unpaired) electrons. The van der Waals surface area contributed by atoms with Crippen LogP contribution in [-0.4, -0.2) is 28.3 Å². The average molecular weight is 443 g/mol. The molecule has 3 aromatic heterocycles. The molecule has 0 spiro atoms. The third kappa shape index (κ3) is 4.18. The summed E-state index contributed by atoms with van der Waals surface area (Å²) in [5.41, 5.74) is 7.36. The van der Waals surface area contributed by atoms with E-state index in [-0.39, 0.29) is 34.3 Å². The molecule has 3 heterocycles. The highest BCUT2D eigenvalue weighted by Crippen LogP contribution is 2.33. The van der Waals surface area contributed by atoms with Gasteiger partial charge in [0.15, 0.2) is 0 Å². The Kier molecular flexibility index (Phi) is 6.48. The summed E-state index contributed by atoms with van der Waals surface area (Å²) in [4.78, 5) is 30.3. The van der Waals surface area contributed by atoms with Gasteiger partial charge in [-0.25, -0.2) is 8.96 Å². The number of carbonyl (C=O) groups excluding carboxylic acids is 1. The van der Waals surface area contributed by atoms with Crippen LogP contribution in [0.4, 0.5) is 0 Å². The molecule has 0 aromatic carbocycles. The van der Waals surface area contributed by atoms with E-state index in [0.717, 1.165) is 32.1 Å². The highest BCUT2D eigenvalue weighted by Gasteiger charge is 2.21. The number of primary amides is 1. The molecule has 0 fully saturated rings. The zero-order valence-corrected chi connectivity index (χ0v) is 17.6. The van der Waals surface area contributed by atoms with Gasteiger partial charge in [0.1, 0.15) is 10.5 Å². The predicted molar refractivity (Wildman–Crippen MR) is 109 cm³/mol. The first kappa shape index (κ1) is 21.9. The minimum atomic E-state index is -3.83. The molecule has 1 amide bonds. The number of aromatic amines is 1. The van der Waals surface area contributed by atoms with Gasteiger partial charge in [0.25, 0.3) is 15.6 Å². The molecule has 0 aliphatic heterocycles. The van der Waals surface area contributed by atoms with Crippen LogP contribution in [0.1, 0.15) is 23.9 Å². The molecule has 0 atom stereocenters. The van der Waals surface area contributed by atoms with Crippen LogP contribution in [0.2, 0.25) is 0 Å². The standard InChI is InChI=1S/C17H18N4O4S2.ClH/c1-3-11-6-13(10(2)20-17(11)23)14-4-5-16(26-14)27(24,25)21-8-12(19-9-21)7-15(18)22;/h4-6,8-9H,3,7H2,1-2H3,(H2,18,22)(H,20,23);1H. The maximum Gasteiger partial charge on any atom is 0.278 e. The third-order valence-electron chi connectivity index (χ3n) is 4.04. The molecule has 28 heavy (non-hydrogen) atoms. The molecule has 0 aliphatic carbocycles. The Hall–Kier alpha value is -2.43. The third-order valence-corrected chi connectivity index (χ3v) is 7.24. The summed E-state index contributed by atoms with van der Waals surface area (Å²) >= 11 is 1.10. The molecule has 0 saturated carbocycles. The van der Waals surface area contributed by atoms with Crippen molar-refractivity contribution in [2.24, 2.45) is 5.73 Å². The van der Waals surface area contributed by atoms with Crippen molar-refractivity contribution in [1.29, 1.82) is 0 Å². The van der Waals surface area contributed by atoms with E-state index >= 15 is 0 Å². The van der Waals surface area contributed by atoms with Crippen molar-refractivity contribution in [1.82, 2.24) is 13.9 Å². The lowest BCUT2D eigenvalue weighted by Gasteiger charge is -2.06. The maximum absolute atomic E-state index is 12.8. The number of aryl methyl sites for hydroxylation is 2. The topological polar surface area (TPSA) is 128 Å². The fourth-order valence-corrected chi connectivity index (χ4v) is 5.28. The van der Waals surface area contributed by atoms with Crippen LogP contribution in [-0.2, 0) is 27.7 Å². The molecular formula is C17H19ClN4O4S2. The van der Waals surface area contributed by atoms with Crippen molar-refractivity contribution in [2.45, 2.75) is 30.9 Å². The minimum absolute atomic E-state index is 0. The number of nitrogens with one attached hydrogen (secondary N) is 1. The first-order valence-corrected chi connectivity index (χ1v) is 10.4. The van der Waals surface area contributed by atoms with Gasteiger partial charge in [0, 0.05) is 27.9 Å². The Balaban J connectivity index is 0.00000280. The van der Waals surface area contributed by atoms with Crippen LogP contribution < -0.4 is 11.3 Å². The smallest absolute Gasteiger partial charge is 0.278 e. The lowest BCUT2D eigenvalue weighted by Crippen LogP contribution is -2.14. The van der Waals surface area contributed by atoms with Gasteiger partial charge in [-0.2, -0.15) is 8.42 Å². The fourth-order valence-electron chi connectivity index (χ4n) is 2.64. The van der Waals surface area contributed by atoms with Crippen molar-refractivity contribution in [2.75, 3.05) is 0 Å². The molecule has 3 aromatic rings. The van der Waals surface area contributed by atoms with E-state index in [1.165, 1.54) is 12.3 Å². The highest BCUT2D eigenvalue weighted by molar-refractivity contribution is 7.92. The summed E-state index contributed by atoms with van der Waals surface area (Å²) < 4.78 is 26.7. The number of hydrogen-bond acceptors (Lipinski definition) is 6. The quantitative estimate of drug-likeness (QED) is 0.602. The van der Waals surface area contributed by atoms with Gasteiger partial charge in [-0.3, -0.25) is 9.59 Å². The van der Waals surface area contributed by atoms with Gasteiger partial charge in [-0.15, -0.1) is 23.7 Å². The fraction of sp³-hybridized carbons (Fsp3) is 0.235. The summed E-state index contributed by atoms with van der Waals surface area (Å²) in [6.45, 7) is 3.66. The van der Waals surface area contributed by atoms with Crippen molar-refractivity contribution in [3.63, 3.8) is 0 Å². The van der Waals surface area contributed by atoms with E-state index in [1.807, 2.05) is 6.92 Å². The summed E-state index contributed by atoms with van der Waals surface area (Å²) in [7, 11) is -3.83. The number of nitrogens with zero attached hydrogens (tertiary/aromatic N) is 2. The average Bonchev–Trinajstić information content (AvgIpc) is 3.24. The highest BCUT2D eigenvalue weighted by atomic mass is 35.5. The van der Waals surface area contributed by atoms with Gasteiger partial charge in [-0.1, -0.05) is 6.92 Å². The zero-order chi connectivity index (χ0) is 19.8. The van der Waals surface area contributed by atoms with Crippen LogP contribution in [0.5, 0.6) is 0 Å². The lowest BCUT2D eigenvalue weighted by atomic mass is 10.1. The van der Waals surface area contributed by atoms with Gasteiger partial charge in [0.2, 0.25) is 5.91 Å². The first-order valence-electron chi connectivity index (χ1n) is 8.12. The van der Waals surface area contributed by atoms with E-state index in [9.17, 15) is 18.0 Å². The Bertz CT molecular complexity index is 1180. The second-order valence-electron chi connectivity index (χ2n) is 5.98. The van der Waals surface area contributed by atoms with E-state index in [0.29, 0.717) is 17.7 Å². The molecule has 3 N–H and O–H groups in total. The molecule has 11 heteroatoms. The van der Waals surface area contributed by atoms with Crippen LogP contribution in [0.15, 0.2) is 39.7 Å². The zero-order valence-electron chi connectivity index (χ0n) is 15.1. The number of nitrogens with two attached hydrogens (primary N) is 1. The predicted octanol–water partition coefficient (Wildman–Crippen LogP) is 1.86. The molecule has 0 saturated heterocycles. The van der Waals surface area contributed by atoms with E-state index < -0.39 is 15.9 Å². The van der Waals surface area contributed by atoms with Gasteiger partial charge < -0.3 is 10.7 Å². The number of pyridine rings is 1. The lowest BCUT2D eigenvalue weighted by molar-refractivity contribution is -0.117. The number of amides is 1. The Morgan fingerprint density at radius 3 is 2.71 bits per heavy atom. The van der Waals surface area contributed by atoms with Crippen LogP contribution in [0.25, 0.3) is 10.4 Å². The van der Waals surface area contributed by atoms with Crippen LogP contribution in [0.3, 0.4) is 0 Å². The van der Waals surface area contributed by atoms with Crippen molar-refractivity contribution < 1.29 is 13.2 Å². The minimum Gasteiger partial charge on any atom is -0.369 e. The Morgan fingerprint density at radius 1 is 1.36 bits per heavy atom. The number of thiophene rings is 1. The molecule has 8 nitrogen and oxygen atoms in total. The van der Waals surface area contributed by atoms with Crippen molar-refractivity contribution in [3.05, 3.63) is 58.0 Å². The number of rotatable bonds is 6. The van der Waals surface area contributed by atoms with Crippen molar-refractivity contribution in [3.8, 4) is 10.4 Å². The van der Waals surface area contributed by atoms with Gasteiger partial charge in [0.05, 0.1) is 12.1 Å². The Labute approximate surface area is 171 Å². The first-order chi connectivity index (χ1) is 12.7. The van der Waals surface area contributed by atoms with E-state index in [1.54, 1.807) is 19.1 Å². The van der Waals surface area contributed by atoms with Gasteiger partial charge >= 0.3 is 0 Å². The molecule has 0 bridgehead atoms. The number of hydrogen-bond donors (Lipinski definition) is 2. The molecule has 150 valence electrons. The number of carbonyl (C=O) groups is 1. The Morgan fingerprint density at radius 2 is 2.07 bits per heavy atom. The summed E-state index contributed by atoms with van der Waals surface area (Å²) in [6, 6.07) is 5.01. The van der Waals surface area contributed by atoms with E-state index in [2.05, 4.69) is 9.97 Å². The second kappa shape index (κ2) is 8.29. The van der Waals surface area contributed by atoms with E-state index in [4.69, 9.17) is 5.73 Å². The van der Waals surface area contributed by atoms with Crippen molar-refractivity contribution >= 4 is 39.7 Å².